The van der Waals surface area contributed by atoms with Crippen molar-refractivity contribution >= 4 is 11.0 Å². The van der Waals surface area contributed by atoms with E-state index in [1.807, 2.05) is 6.20 Å². The Balaban J connectivity index is 1.69. The summed E-state index contributed by atoms with van der Waals surface area (Å²) in [5.74, 6) is 0. The largest absolute Gasteiger partial charge is 0.383 e. The van der Waals surface area contributed by atoms with Crippen LogP contribution in [0.4, 0.5) is 0 Å². The zero-order valence-electron chi connectivity index (χ0n) is 15.7. The number of H-pyrrole nitrogens is 1. The Bertz CT molecular complexity index is 1110. The lowest BCUT2D eigenvalue weighted by Crippen LogP contribution is -2.35. The first-order chi connectivity index (χ1) is 13.0. The van der Waals surface area contributed by atoms with Gasteiger partial charge in [-0.15, -0.1) is 0 Å². The predicted octanol–water partition coefficient (Wildman–Crippen LogP) is 1.85. The Labute approximate surface area is 157 Å². The van der Waals surface area contributed by atoms with Crippen LogP contribution in [0.25, 0.3) is 11.0 Å². The number of likely N-dealkylation sites (N-methyl/N-ethyl adjacent to an activating group) is 1. The van der Waals surface area contributed by atoms with Gasteiger partial charge in [0.2, 0.25) is 0 Å². The lowest BCUT2D eigenvalue weighted by molar-refractivity contribution is 0.0196. The van der Waals surface area contributed by atoms with Gasteiger partial charge in [0.15, 0.2) is 5.43 Å². The average Bonchev–Trinajstić information content (AvgIpc) is 3.12. The van der Waals surface area contributed by atoms with Crippen molar-refractivity contribution in [3.8, 4) is 0 Å². The summed E-state index contributed by atoms with van der Waals surface area (Å²) in [6, 6.07) is 3.70. The fourth-order valence-corrected chi connectivity index (χ4v) is 4.83. The quantitative estimate of drug-likeness (QED) is 0.728. The molecule has 3 aromatic rings. The Kier molecular flexibility index (Phi) is 3.58. The number of hydrogen-bond donors (Lipinski definition) is 2. The van der Waals surface area contributed by atoms with Crippen molar-refractivity contribution in [2.75, 3.05) is 13.6 Å². The molecule has 0 saturated carbocycles. The molecule has 1 unspecified atom stereocenters. The van der Waals surface area contributed by atoms with Gasteiger partial charge in [-0.05, 0) is 44.0 Å². The second-order valence-electron chi connectivity index (χ2n) is 8.11. The minimum absolute atomic E-state index is 0.0855. The number of hydrogen-bond acceptors (Lipinski definition) is 4. The summed E-state index contributed by atoms with van der Waals surface area (Å²) < 4.78 is 2.17. The van der Waals surface area contributed by atoms with E-state index in [0.29, 0.717) is 24.9 Å². The van der Waals surface area contributed by atoms with Crippen molar-refractivity contribution in [2.45, 2.75) is 44.9 Å². The molecule has 0 spiro atoms. The molecule has 1 aliphatic heterocycles. The van der Waals surface area contributed by atoms with Crippen LogP contribution < -0.4 is 5.43 Å². The van der Waals surface area contributed by atoms with Crippen LogP contribution in [0.15, 0.2) is 29.3 Å². The van der Waals surface area contributed by atoms with Gasteiger partial charge in [-0.2, -0.15) is 0 Å². The first-order valence-electron chi connectivity index (χ1n) is 9.55. The topological polar surface area (TPSA) is 74.1 Å². The molecule has 0 radical (unpaired) electrons. The van der Waals surface area contributed by atoms with E-state index in [2.05, 4.69) is 34.5 Å². The van der Waals surface area contributed by atoms with Gasteiger partial charge in [-0.1, -0.05) is 0 Å². The molecule has 2 aliphatic rings. The summed E-state index contributed by atoms with van der Waals surface area (Å²) in [7, 11) is 2.13. The van der Waals surface area contributed by atoms with Crippen LogP contribution in [0.5, 0.6) is 0 Å². The van der Waals surface area contributed by atoms with Gasteiger partial charge < -0.3 is 19.6 Å². The molecule has 0 bridgehead atoms. The minimum atomic E-state index is -1.15. The third-order valence-electron chi connectivity index (χ3n) is 6.13. The second kappa shape index (κ2) is 5.78. The number of nitrogens with one attached hydrogen (secondary N) is 1. The van der Waals surface area contributed by atoms with Gasteiger partial charge in [0.1, 0.15) is 11.2 Å². The molecule has 140 valence electrons. The molecule has 2 N–H and O–H groups in total. The summed E-state index contributed by atoms with van der Waals surface area (Å²) in [6.07, 6.45) is 5.72. The summed E-state index contributed by atoms with van der Waals surface area (Å²) in [4.78, 5) is 22.7. The zero-order chi connectivity index (χ0) is 18.8. The number of fused-ring (bicyclic) bond motifs is 4. The second-order valence-corrected chi connectivity index (χ2v) is 8.11. The highest BCUT2D eigenvalue weighted by molar-refractivity contribution is 5.83. The molecule has 5 rings (SSSR count). The van der Waals surface area contributed by atoms with Crippen molar-refractivity contribution in [1.29, 1.82) is 0 Å². The van der Waals surface area contributed by atoms with Crippen molar-refractivity contribution in [3.63, 3.8) is 0 Å². The summed E-state index contributed by atoms with van der Waals surface area (Å²) in [5.41, 5.74) is 4.75. The van der Waals surface area contributed by atoms with Crippen molar-refractivity contribution in [2.24, 2.45) is 0 Å². The van der Waals surface area contributed by atoms with Crippen LogP contribution in [0, 0.1) is 6.92 Å². The maximum atomic E-state index is 12.5. The minimum Gasteiger partial charge on any atom is -0.383 e. The first-order valence-corrected chi connectivity index (χ1v) is 9.55. The van der Waals surface area contributed by atoms with E-state index in [-0.39, 0.29) is 5.43 Å². The van der Waals surface area contributed by atoms with Crippen molar-refractivity contribution < 1.29 is 5.11 Å². The van der Waals surface area contributed by atoms with E-state index < -0.39 is 5.60 Å². The molecule has 4 heterocycles. The van der Waals surface area contributed by atoms with E-state index >= 15 is 0 Å². The van der Waals surface area contributed by atoms with Crippen LogP contribution in [-0.4, -0.2) is 38.1 Å². The Morgan fingerprint density at radius 3 is 3.07 bits per heavy atom. The predicted molar refractivity (Wildman–Crippen MR) is 104 cm³/mol. The SMILES string of the molecule is Cc1cnc2c(c1)c1c(n2CC2(O)CCc3[nH]ccc(=O)c32)CCN(C)C1. The standard InChI is InChI=1S/C21H24N4O2/c1-13-9-14-15-11-24(2)8-5-17(15)25(20(14)23-10-13)12-21(27)6-3-16-19(21)18(26)4-7-22-16/h4,7,9-10,27H,3,5-6,8,11-12H2,1-2H3,(H,22,26). The Morgan fingerprint density at radius 2 is 2.22 bits per heavy atom. The molecule has 0 saturated heterocycles. The highest BCUT2D eigenvalue weighted by Crippen LogP contribution is 2.38. The van der Waals surface area contributed by atoms with Gasteiger partial charge in [-0.25, -0.2) is 4.98 Å². The molecule has 6 heteroatoms. The fraction of sp³-hybridized carbons (Fsp3) is 0.429. The summed E-state index contributed by atoms with van der Waals surface area (Å²) in [5, 5.41) is 12.7. The zero-order valence-corrected chi connectivity index (χ0v) is 15.7. The number of nitrogens with zero attached hydrogens (tertiary/aromatic N) is 3. The third kappa shape index (κ3) is 2.47. The van der Waals surface area contributed by atoms with Crippen LogP contribution in [-0.2, 0) is 31.5 Å². The number of aromatic nitrogens is 3. The van der Waals surface area contributed by atoms with Gasteiger partial charge in [0.05, 0.1) is 12.1 Å². The van der Waals surface area contributed by atoms with Crippen LogP contribution >= 0.6 is 0 Å². The Morgan fingerprint density at radius 1 is 1.37 bits per heavy atom. The smallest absolute Gasteiger partial charge is 0.187 e. The Hall–Kier alpha value is -2.44. The number of rotatable bonds is 2. The maximum Gasteiger partial charge on any atom is 0.187 e. The van der Waals surface area contributed by atoms with Gasteiger partial charge in [0.25, 0.3) is 0 Å². The molecule has 27 heavy (non-hydrogen) atoms. The molecule has 6 nitrogen and oxygen atoms in total. The van der Waals surface area contributed by atoms with Crippen molar-refractivity contribution in [1.82, 2.24) is 19.4 Å². The number of aliphatic hydroxyl groups is 1. The summed E-state index contributed by atoms with van der Waals surface area (Å²) >= 11 is 0. The molecule has 3 aromatic heterocycles. The molecule has 1 atom stereocenters. The van der Waals surface area contributed by atoms with E-state index in [9.17, 15) is 9.90 Å². The number of aryl methyl sites for hydroxylation is 2. The van der Waals surface area contributed by atoms with Crippen LogP contribution in [0.2, 0.25) is 0 Å². The lowest BCUT2D eigenvalue weighted by Gasteiger charge is -2.28. The maximum absolute atomic E-state index is 12.5. The molecule has 1 aliphatic carbocycles. The molecular weight excluding hydrogens is 340 g/mol. The monoisotopic (exact) mass is 364 g/mol. The molecule has 0 amide bonds. The lowest BCUT2D eigenvalue weighted by atomic mass is 9.96. The van der Waals surface area contributed by atoms with Crippen LogP contribution in [0.1, 0.15) is 34.5 Å². The van der Waals surface area contributed by atoms with E-state index in [4.69, 9.17) is 4.98 Å². The fourth-order valence-electron chi connectivity index (χ4n) is 4.83. The van der Waals surface area contributed by atoms with Gasteiger partial charge in [0, 0.05) is 54.7 Å². The van der Waals surface area contributed by atoms with Gasteiger partial charge in [-0.3, -0.25) is 4.79 Å². The number of pyridine rings is 2. The van der Waals surface area contributed by atoms with E-state index in [1.165, 1.54) is 22.7 Å². The highest BCUT2D eigenvalue weighted by Gasteiger charge is 2.41. The highest BCUT2D eigenvalue weighted by atomic mass is 16.3. The summed E-state index contributed by atoms with van der Waals surface area (Å²) in [6.45, 7) is 4.30. The van der Waals surface area contributed by atoms with Gasteiger partial charge >= 0.3 is 0 Å². The average molecular weight is 364 g/mol. The van der Waals surface area contributed by atoms with Crippen LogP contribution in [0.3, 0.4) is 0 Å². The third-order valence-corrected chi connectivity index (χ3v) is 6.13. The van der Waals surface area contributed by atoms with Crippen molar-refractivity contribution in [3.05, 3.63) is 62.8 Å². The van der Waals surface area contributed by atoms with E-state index in [1.54, 1.807) is 6.20 Å². The molecular formula is C21H24N4O2. The number of aromatic amines is 1. The first kappa shape index (κ1) is 16.7. The van der Waals surface area contributed by atoms with E-state index in [0.717, 1.165) is 36.4 Å². The molecule has 0 fully saturated rings. The molecule has 0 aromatic carbocycles. The normalized spacial score (nSPS) is 22.2.